The molecule has 0 aromatic heterocycles. The molecule has 264 valence electrons. The van der Waals surface area contributed by atoms with E-state index >= 15 is 0 Å². The van der Waals surface area contributed by atoms with E-state index < -0.39 is 101 Å². The maximum atomic E-state index is 12.9. The van der Waals surface area contributed by atoms with Crippen LogP contribution in [0.2, 0.25) is 0 Å². The lowest BCUT2D eigenvalue weighted by Gasteiger charge is -2.48. The van der Waals surface area contributed by atoms with E-state index in [-0.39, 0.29) is 20.3 Å². The lowest BCUT2D eigenvalue weighted by atomic mass is 9.68. The Morgan fingerprint density at radius 1 is 0.386 bits per heavy atom. The summed E-state index contributed by atoms with van der Waals surface area (Å²) in [6, 6.07) is 0. The van der Waals surface area contributed by atoms with Gasteiger partial charge in [0.25, 0.3) is 23.7 Å². The second kappa shape index (κ2) is 11.2. The van der Waals surface area contributed by atoms with Crippen LogP contribution in [-0.4, -0.2) is 70.6 Å². The lowest BCUT2D eigenvalue weighted by molar-refractivity contribution is -0.286. The molecule has 10 atom stereocenters. The van der Waals surface area contributed by atoms with Crippen molar-refractivity contribution in [1.29, 1.82) is 0 Å². The second-order valence-electron chi connectivity index (χ2n) is 12.6. The average Bonchev–Trinajstić information content (AvgIpc) is 3.01. The van der Waals surface area contributed by atoms with Gasteiger partial charge in [-0.1, -0.05) is 27.7 Å². The van der Waals surface area contributed by atoms with Crippen LogP contribution in [0.1, 0.15) is 68.2 Å². The van der Waals surface area contributed by atoms with E-state index in [1.807, 2.05) is 0 Å². The van der Waals surface area contributed by atoms with Crippen LogP contribution >= 0.6 is 0 Å². The van der Waals surface area contributed by atoms with Gasteiger partial charge in [-0.2, -0.15) is 17.6 Å². The Bertz CT molecular complexity index is 974. The molecule has 4 aliphatic rings. The Morgan fingerprint density at radius 3 is 0.818 bits per heavy atom. The van der Waals surface area contributed by atoms with Crippen molar-refractivity contribution in [3.05, 3.63) is 0 Å². The Balaban J connectivity index is 0.000000296. The van der Waals surface area contributed by atoms with E-state index in [0.29, 0.717) is 6.92 Å². The SMILES string of the molecule is CC1C(F)C(F)(F)C(C)(F)C1(F)F.CC1C(F)C(F)(F)C1(C)F.CC1CC(F)(F)C(C)(F)C1(F)F.CC1CC(F)(F)C1(C)F. The molecule has 0 spiro atoms. The molecule has 0 N–H and O–H groups in total. The average molecular weight is 689 g/mol. The monoisotopic (exact) mass is 688 g/mol. The highest BCUT2D eigenvalue weighted by Gasteiger charge is 2.80. The summed E-state index contributed by atoms with van der Waals surface area (Å²) in [5.74, 6) is -29.3. The molecule has 4 fully saturated rings. The minimum absolute atomic E-state index is 0.0308. The summed E-state index contributed by atoms with van der Waals surface area (Å²) in [6.07, 6.45) is -6.85. The molecule has 0 nitrogen and oxygen atoms in total. The number of hydrogen-bond acceptors (Lipinski definition) is 0. The van der Waals surface area contributed by atoms with E-state index in [4.69, 9.17) is 0 Å². The molecule has 0 aliphatic heterocycles. The number of rotatable bonds is 0. The first kappa shape index (κ1) is 40.8. The lowest BCUT2D eigenvalue weighted by Crippen LogP contribution is -2.68. The molecule has 44 heavy (non-hydrogen) atoms. The summed E-state index contributed by atoms with van der Waals surface area (Å²) >= 11 is 0. The van der Waals surface area contributed by atoms with E-state index in [1.165, 1.54) is 6.92 Å². The molecule has 0 saturated heterocycles. The topological polar surface area (TPSA) is 0 Å². The van der Waals surface area contributed by atoms with Crippen molar-refractivity contribution in [2.75, 3.05) is 0 Å². The predicted molar refractivity (Wildman–Crippen MR) is 123 cm³/mol. The van der Waals surface area contributed by atoms with E-state index in [1.54, 1.807) is 0 Å². The molecular formula is C26H34F18. The van der Waals surface area contributed by atoms with Gasteiger partial charge in [0.05, 0.1) is 5.92 Å². The van der Waals surface area contributed by atoms with Crippen LogP contribution in [-0.2, 0) is 0 Å². The quantitative estimate of drug-likeness (QED) is 0.222. The van der Waals surface area contributed by atoms with Crippen molar-refractivity contribution in [1.82, 2.24) is 0 Å². The van der Waals surface area contributed by atoms with Crippen molar-refractivity contribution in [3.63, 3.8) is 0 Å². The standard InChI is InChI=1S/C7H8F6.C7H9F5.C6H8F4.C6H9F3/c1-3-4(8)7(12,13)5(2,9)6(3,10)11;1-4-3-6(9,10)5(2,8)7(4,11)12;1-3-4(7)6(9,10)5(3,2)8;1-4-3-6(8,9)5(4,2)7/h3-4H,1-2H3;4H,3H2,1-2H3;3-4H,1-2H3;4H,3H2,1-2H3. The molecule has 0 aromatic carbocycles. The van der Waals surface area contributed by atoms with Gasteiger partial charge in [0.1, 0.15) is 0 Å². The summed E-state index contributed by atoms with van der Waals surface area (Å²) in [4.78, 5) is 0. The van der Waals surface area contributed by atoms with Gasteiger partial charge < -0.3 is 0 Å². The zero-order valence-corrected chi connectivity index (χ0v) is 24.7. The first-order chi connectivity index (χ1) is 18.9. The Labute approximate surface area is 242 Å². The van der Waals surface area contributed by atoms with Crippen molar-refractivity contribution in [2.45, 2.75) is 139 Å². The fraction of sp³-hybridized carbons (Fsp3) is 1.00. The van der Waals surface area contributed by atoms with Gasteiger partial charge in [0.15, 0.2) is 23.7 Å². The van der Waals surface area contributed by atoms with Crippen LogP contribution in [0.4, 0.5) is 79.0 Å². The van der Waals surface area contributed by atoms with Crippen LogP contribution in [0.3, 0.4) is 0 Å². The summed E-state index contributed by atoms with van der Waals surface area (Å²) < 4.78 is 226. The van der Waals surface area contributed by atoms with E-state index in [2.05, 4.69) is 0 Å². The summed E-state index contributed by atoms with van der Waals surface area (Å²) in [5.41, 5.74) is -12.7. The van der Waals surface area contributed by atoms with Crippen molar-refractivity contribution >= 4 is 0 Å². The first-order valence-electron chi connectivity index (χ1n) is 13.2. The smallest absolute Gasteiger partial charge is 0.240 e. The minimum atomic E-state index is -4.63. The van der Waals surface area contributed by atoms with Crippen LogP contribution in [0.25, 0.3) is 0 Å². The highest BCUT2D eigenvalue weighted by Crippen LogP contribution is 2.60. The largest absolute Gasteiger partial charge is 0.318 e. The normalized spacial score (nSPS) is 48.1. The molecule has 0 heterocycles. The van der Waals surface area contributed by atoms with Gasteiger partial charge in [-0.15, -0.1) is 0 Å². The fourth-order valence-electron chi connectivity index (χ4n) is 4.89. The van der Waals surface area contributed by atoms with Crippen LogP contribution in [0.5, 0.6) is 0 Å². The van der Waals surface area contributed by atoms with Crippen molar-refractivity contribution in [3.8, 4) is 0 Å². The molecule has 18 heteroatoms. The summed E-state index contributed by atoms with van der Waals surface area (Å²) in [6.45, 7) is 6.12. The van der Waals surface area contributed by atoms with Gasteiger partial charge in [-0.05, 0) is 27.7 Å². The molecule has 10 unspecified atom stereocenters. The molecule has 4 aliphatic carbocycles. The molecule has 0 radical (unpaired) electrons. The maximum absolute atomic E-state index is 12.9. The van der Waals surface area contributed by atoms with Crippen molar-refractivity contribution in [2.24, 2.45) is 23.7 Å². The first-order valence-corrected chi connectivity index (χ1v) is 13.2. The van der Waals surface area contributed by atoms with E-state index in [9.17, 15) is 79.0 Å². The van der Waals surface area contributed by atoms with Gasteiger partial charge in [0.2, 0.25) is 11.3 Å². The van der Waals surface area contributed by atoms with Gasteiger partial charge in [-0.25, -0.2) is 61.5 Å². The number of alkyl halides is 18. The summed E-state index contributed by atoms with van der Waals surface area (Å²) in [5, 5.41) is 0. The maximum Gasteiger partial charge on any atom is 0.318 e. The number of halogens is 18. The van der Waals surface area contributed by atoms with Gasteiger partial charge in [-0.3, -0.25) is 0 Å². The zero-order valence-electron chi connectivity index (χ0n) is 24.7. The van der Waals surface area contributed by atoms with Crippen LogP contribution in [0.15, 0.2) is 0 Å². The third-order valence-electron chi connectivity index (χ3n) is 9.60. The molecule has 4 rings (SSSR count). The van der Waals surface area contributed by atoms with Gasteiger partial charge >= 0.3 is 11.8 Å². The van der Waals surface area contributed by atoms with Crippen molar-refractivity contribution < 1.29 is 79.0 Å². The fourth-order valence-corrected chi connectivity index (χ4v) is 4.89. The molecule has 0 bridgehead atoms. The highest BCUT2D eigenvalue weighted by molar-refractivity contribution is 5.16. The Hall–Kier alpha value is -1.26. The Kier molecular flexibility index (Phi) is 10.4. The highest BCUT2D eigenvalue weighted by atomic mass is 19.3. The second-order valence-corrected chi connectivity index (χ2v) is 12.6. The Morgan fingerprint density at radius 2 is 0.750 bits per heavy atom. The van der Waals surface area contributed by atoms with E-state index in [0.717, 1.165) is 27.7 Å². The molecule has 4 saturated carbocycles. The third kappa shape index (κ3) is 5.65. The predicted octanol–water partition coefficient (Wildman–Crippen LogP) is 10.7. The molecular weight excluding hydrogens is 654 g/mol. The van der Waals surface area contributed by atoms with Gasteiger partial charge in [0, 0.05) is 30.6 Å². The molecule has 0 amide bonds. The number of hydrogen-bond donors (Lipinski definition) is 0. The molecule has 0 aromatic rings. The van der Waals surface area contributed by atoms with Crippen LogP contribution in [0, 0.1) is 23.7 Å². The zero-order chi connectivity index (χ0) is 35.9. The van der Waals surface area contributed by atoms with Crippen LogP contribution < -0.4 is 0 Å². The third-order valence-corrected chi connectivity index (χ3v) is 9.60. The minimum Gasteiger partial charge on any atom is -0.240 e. The summed E-state index contributed by atoms with van der Waals surface area (Å²) in [7, 11) is 0.